The average molecular weight is 349 g/mol. The van der Waals surface area contributed by atoms with Crippen molar-refractivity contribution >= 4 is 23.6 Å². The number of rotatable bonds is 6. The summed E-state index contributed by atoms with van der Waals surface area (Å²) in [6.07, 6.45) is 1.47. The Labute approximate surface area is 149 Å². The van der Waals surface area contributed by atoms with Crippen LogP contribution in [-0.2, 0) is 4.79 Å². The number of benzene rings is 1. The van der Waals surface area contributed by atoms with E-state index in [4.69, 9.17) is 4.99 Å². The monoisotopic (exact) mass is 348 g/mol. The second-order valence-corrected chi connectivity index (χ2v) is 7.63. The lowest BCUT2D eigenvalue weighted by Crippen LogP contribution is -2.51. The number of guanidine groups is 1. The van der Waals surface area contributed by atoms with Gasteiger partial charge in [-0.3, -0.25) is 9.79 Å². The summed E-state index contributed by atoms with van der Waals surface area (Å²) in [6, 6.07) is 10.7. The predicted octanol–water partition coefficient (Wildman–Crippen LogP) is 2.34. The molecule has 1 aromatic rings. The smallest absolute Gasteiger partial charge is 0.222 e. The SMILES string of the molecule is CCNC(=NCC(C)Sc1ccccc1)NC1CCC(=O)N(C)C1. The molecule has 0 aromatic heterocycles. The van der Waals surface area contributed by atoms with Crippen molar-refractivity contribution in [3.8, 4) is 0 Å². The van der Waals surface area contributed by atoms with Gasteiger partial charge in [-0.2, -0.15) is 0 Å². The molecule has 2 atom stereocenters. The minimum atomic E-state index is 0.225. The molecule has 132 valence electrons. The lowest BCUT2D eigenvalue weighted by atomic mass is 10.1. The van der Waals surface area contributed by atoms with E-state index in [1.165, 1.54) is 4.90 Å². The molecular formula is C18H28N4OS. The van der Waals surface area contributed by atoms with Gasteiger partial charge in [0, 0.05) is 42.7 Å². The molecule has 2 rings (SSSR count). The summed E-state index contributed by atoms with van der Waals surface area (Å²) < 4.78 is 0. The van der Waals surface area contributed by atoms with Crippen LogP contribution in [0.5, 0.6) is 0 Å². The summed E-state index contributed by atoms with van der Waals surface area (Å²) in [4.78, 5) is 19.4. The highest BCUT2D eigenvalue weighted by Gasteiger charge is 2.23. The number of carbonyl (C=O) groups excluding carboxylic acids is 1. The highest BCUT2D eigenvalue weighted by molar-refractivity contribution is 8.00. The molecule has 1 heterocycles. The topological polar surface area (TPSA) is 56.7 Å². The maximum atomic E-state index is 11.6. The highest BCUT2D eigenvalue weighted by atomic mass is 32.2. The van der Waals surface area contributed by atoms with Crippen molar-refractivity contribution < 1.29 is 4.79 Å². The van der Waals surface area contributed by atoms with Crippen LogP contribution in [0.2, 0.25) is 0 Å². The molecule has 0 radical (unpaired) electrons. The van der Waals surface area contributed by atoms with Crippen LogP contribution >= 0.6 is 11.8 Å². The van der Waals surface area contributed by atoms with Crippen LogP contribution in [0.3, 0.4) is 0 Å². The second-order valence-electron chi connectivity index (χ2n) is 6.12. The van der Waals surface area contributed by atoms with E-state index in [2.05, 4.69) is 48.7 Å². The molecule has 1 aliphatic heterocycles. The first kappa shape index (κ1) is 18.6. The summed E-state index contributed by atoms with van der Waals surface area (Å²) in [7, 11) is 1.86. The third-order valence-electron chi connectivity index (χ3n) is 3.90. The molecule has 1 aromatic carbocycles. The van der Waals surface area contributed by atoms with Gasteiger partial charge in [-0.1, -0.05) is 25.1 Å². The molecule has 2 unspecified atom stereocenters. The number of thioether (sulfide) groups is 1. The molecule has 0 spiro atoms. The van der Waals surface area contributed by atoms with Crippen molar-refractivity contribution in [3.63, 3.8) is 0 Å². The Morgan fingerprint density at radius 1 is 1.42 bits per heavy atom. The minimum absolute atomic E-state index is 0.225. The molecule has 0 bridgehead atoms. The summed E-state index contributed by atoms with van der Waals surface area (Å²) in [5.74, 6) is 1.06. The molecule has 24 heavy (non-hydrogen) atoms. The quantitative estimate of drug-likeness (QED) is 0.471. The molecule has 1 amide bonds. The Kier molecular flexibility index (Phi) is 7.43. The number of likely N-dealkylation sites (tertiary alicyclic amines) is 1. The van der Waals surface area contributed by atoms with Crippen LogP contribution in [0.25, 0.3) is 0 Å². The van der Waals surface area contributed by atoms with Crippen LogP contribution in [0.15, 0.2) is 40.2 Å². The summed E-state index contributed by atoms with van der Waals surface area (Å²) >= 11 is 1.83. The number of piperidine rings is 1. The molecule has 5 nitrogen and oxygen atoms in total. The number of hydrogen-bond acceptors (Lipinski definition) is 3. The first-order valence-corrected chi connectivity index (χ1v) is 9.47. The molecule has 6 heteroatoms. The zero-order valence-corrected chi connectivity index (χ0v) is 15.6. The Balaban J connectivity index is 1.86. The van der Waals surface area contributed by atoms with Gasteiger partial charge in [-0.25, -0.2) is 0 Å². The number of amides is 1. The van der Waals surface area contributed by atoms with Crippen molar-refractivity contribution in [1.82, 2.24) is 15.5 Å². The van der Waals surface area contributed by atoms with Crippen molar-refractivity contribution in [1.29, 1.82) is 0 Å². The van der Waals surface area contributed by atoms with Crippen LogP contribution in [0.1, 0.15) is 26.7 Å². The van der Waals surface area contributed by atoms with Crippen LogP contribution in [0, 0.1) is 0 Å². The lowest BCUT2D eigenvalue weighted by molar-refractivity contribution is -0.132. The van der Waals surface area contributed by atoms with Gasteiger partial charge in [0.05, 0.1) is 6.54 Å². The Morgan fingerprint density at radius 2 is 2.17 bits per heavy atom. The van der Waals surface area contributed by atoms with Gasteiger partial charge in [-0.15, -0.1) is 11.8 Å². The fourth-order valence-corrected chi connectivity index (χ4v) is 3.56. The number of carbonyl (C=O) groups is 1. The Hall–Kier alpha value is -1.69. The van der Waals surface area contributed by atoms with E-state index in [9.17, 15) is 4.79 Å². The number of hydrogen-bond donors (Lipinski definition) is 2. The fourth-order valence-electron chi connectivity index (χ4n) is 2.63. The van der Waals surface area contributed by atoms with Gasteiger partial charge in [0.25, 0.3) is 0 Å². The predicted molar refractivity (Wildman–Crippen MR) is 102 cm³/mol. The van der Waals surface area contributed by atoms with E-state index in [0.717, 1.165) is 32.0 Å². The van der Waals surface area contributed by atoms with Gasteiger partial charge >= 0.3 is 0 Å². The first-order chi connectivity index (χ1) is 11.6. The number of nitrogens with zero attached hydrogens (tertiary/aromatic N) is 2. The maximum Gasteiger partial charge on any atom is 0.222 e. The van der Waals surface area contributed by atoms with E-state index < -0.39 is 0 Å². The minimum Gasteiger partial charge on any atom is -0.357 e. The molecular weight excluding hydrogens is 320 g/mol. The largest absolute Gasteiger partial charge is 0.357 e. The van der Waals surface area contributed by atoms with Gasteiger partial charge < -0.3 is 15.5 Å². The first-order valence-electron chi connectivity index (χ1n) is 8.59. The van der Waals surface area contributed by atoms with E-state index in [0.29, 0.717) is 11.7 Å². The molecule has 2 N–H and O–H groups in total. The number of aliphatic imine (C=N–C) groups is 1. The van der Waals surface area contributed by atoms with E-state index in [1.807, 2.05) is 24.9 Å². The Morgan fingerprint density at radius 3 is 2.83 bits per heavy atom. The zero-order chi connectivity index (χ0) is 17.4. The average Bonchev–Trinajstić information content (AvgIpc) is 2.57. The summed E-state index contributed by atoms with van der Waals surface area (Å²) in [6.45, 7) is 6.56. The van der Waals surface area contributed by atoms with Crippen molar-refractivity contribution in [2.45, 2.75) is 42.9 Å². The molecule has 0 aliphatic carbocycles. The number of nitrogens with one attached hydrogen (secondary N) is 2. The van der Waals surface area contributed by atoms with Crippen LogP contribution in [0.4, 0.5) is 0 Å². The van der Waals surface area contributed by atoms with E-state index >= 15 is 0 Å². The molecule has 1 fully saturated rings. The van der Waals surface area contributed by atoms with Crippen LogP contribution in [-0.4, -0.2) is 54.7 Å². The molecule has 1 aliphatic rings. The van der Waals surface area contributed by atoms with Gasteiger partial charge in [-0.05, 0) is 25.5 Å². The normalized spacial score (nSPS) is 20.0. The van der Waals surface area contributed by atoms with E-state index in [-0.39, 0.29) is 11.9 Å². The second kappa shape index (κ2) is 9.57. The fraction of sp³-hybridized carbons (Fsp3) is 0.556. The zero-order valence-electron chi connectivity index (χ0n) is 14.8. The maximum absolute atomic E-state index is 11.6. The third kappa shape index (κ3) is 6.07. The third-order valence-corrected chi connectivity index (χ3v) is 4.99. The number of likely N-dealkylation sites (N-methyl/N-ethyl adjacent to an activating group) is 1. The van der Waals surface area contributed by atoms with Gasteiger partial charge in [0.15, 0.2) is 5.96 Å². The van der Waals surface area contributed by atoms with Crippen molar-refractivity contribution in [2.24, 2.45) is 4.99 Å². The van der Waals surface area contributed by atoms with Crippen molar-refractivity contribution in [2.75, 3.05) is 26.7 Å². The lowest BCUT2D eigenvalue weighted by Gasteiger charge is -2.31. The van der Waals surface area contributed by atoms with Crippen LogP contribution < -0.4 is 10.6 Å². The molecule has 0 saturated carbocycles. The standard InChI is InChI=1S/C18H28N4OS/c1-4-19-18(21-15-10-11-17(23)22(3)13-15)20-12-14(2)24-16-8-6-5-7-9-16/h5-9,14-15H,4,10-13H2,1-3H3,(H2,19,20,21). The highest BCUT2D eigenvalue weighted by Crippen LogP contribution is 2.22. The molecule has 1 saturated heterocycles. The van der Waals surface area contributed by atoms with Gasteiger partial charge in [0.1, 0.15) is 0 Å². The van der Waals surface area contributed by atoms with Gasteiger partial charge in [0.2, 0.25) is 5.91 Å². The van der Waals surface area contributed by atoms with Crippen molar-refractivity contribution in [3.05, 3.63) is 30.3 Å². The Bertz CT molecular complexity index is 549. The summed E-state index contributed by atoms with van der Waals surface area (Å²) in [5, 5.41) is 7.17. The van der Waals surface area contributed by atoms with E-state index in [1.54, 1.807) is 4.90 Å². The summed E-state index contributed by atoms with van der Waals surface area (Å²) in [5.41, 5.74) is 0.